The van der Waals surface area contributed by atoms with Crippen LogP contribution in [-0.4, -0.2) is 6.29 Å². The van der Waals surface area contributed by atoms with Crippen LogP contribution in [0.1, 0.15) is 44.1 Å². The first-order valence-electron chi connectivity index (χ1n) is 6.24. The summed E-state index contributed by atoms with van der Waals surface area (Å²) in [6.45, 7) is 0. The van der Waals surface area contributed by atoms with E-state index < -0.39 is 0 Å². The van der Waals surface area contributed by atoms with Crippen molar-refractivity contribution in [1.29, 1.82) is 0 Å². The van der Waals surface area contributed by atoms with E-state index in [-0.39, 0.29) is 0 Å². The average Bonchev–Trinajstić information content (AvgIpc) is 2.31. The van der Waals surface area contributed by atoms with Crippen molar-refractivity contribution in [3.63, 3.8) is 0 Å². The fourth-order valence-electron chi connectivity index (χ4n) is 2.39. The van der Waals surface area contributed by atoms with E-state index in [9.17, 15) is 4.79 Å². The monoisotopic (exact) mass is 248 g/mol. The second-order valence-corrected chi connectivity index (χ2v) is 4.98. The second kappa shape index (κ2) is 6.02. The summed E-state index contributed by atoms with van der Waals surface area (Å²) in [4.78, 5) is 11.2. The molecule has 1 aromatic carbocycles. The van der Waals surface area contributed by atoms with Crippen molar-refractivity contribution < 1.29 is 4.79 Å². The zero-order valence-corrected chi connectivity index (χ0v) is 10.7. The smallest absolute Gasteiger partial charge is 0.146 e. The molecule has 0 bridgehead atoms. The summed E-state index contributed by atoms with van der Waals surface area (Å²) in [6.07, 6.45) is 7.78. The van der Waals surface area contributed by atoms with Gasteiger partial charge in [0, 0.05) is 5.02 Å². The molecule has 0 saturated carbocycles. The minimum absolute atomic E-state index is 0.743. The third-order valence-electron chi connectivity index (χ3n) is 3.35. The average molecular weight is 249 g/mol. The zero-order chi connectivity index (χ0) is 12.1. The van der Waals surface area contributed by atoms with Crippen molar-refractivity contribution in [2.45, 2.75) is 38.5 Å². The van der Waals surface area contributed by atoms with Crippen LogP contribution < -0.4 is 0 Å². The summed E-state index contributed by atoms with van der Waals surface area (Å²) in [5.41, 5.74) is 3.35. The van der Waals surface area contributed by atoms with Gasteiger partial charge in [0.15, 0.2) is 0 Å². The number of carbonyl (C=O) groups is 1. The third-order valence-corrected chi connectivity index (χ3v) is 3.60. The SMILES string of the molecule is O=C/C1=C(\c2ccc(Cl)cc2)CCCCCC1. The van der Waals surface area contributed by atoms with Crippen LogP contribution in [0.5, 0.6) is 0 Å². The highest BCUT2D eigenvalue weighted by molar-refractivity contribution is 6.30. The number of hydrogen-bond acceptors (Lipinski definition) is 1. The van der Waals surface area contributed by atoms with Crippen LogP contribution in [0.4, 0.5) is 0 Å². The van der Waals surface area contributed by atoms with Crippen molar-refractivity contribution in [3.05, 3.63) is 40.4 Å². The first-order chi connectivity index (χ1) is 8.31. The maximum absolute atomic E-state index is 11.2. The van der Waals surface area contributed by atoms with Gasteiger partial charge in [-0.05, 0) is 54.5 Å². The van der Waals surface area contributed by atoms with Crippen molar-refractivity contribution in [3.8, 4) is 0 Å². The molecule has 1 aromatic rings. The molecular weight excluding hydrogens is 232 g/mol. The van der Waals surface area contributed by atoms with Crippen molar-refractivity contribution in [2.75, 3.05) is 0 Å². The van der Waals surface area contributed by atoms with E-state index >= 15 is 0 Å². The highest BCUT2D eigenvalue weighted by Gasteiger charge is 2.11. The molecule has 0 saturated heterocycles. The zero-order valence-electron chi connectivity index (χ0n) is 9.92. The Labute approximate surface area is 107 Å². The van der Waals surface area contributed by atoms with E-state index in [0.29, 0.717) is 0 Å². The summed E-state index contributed by atoms with van der Waals surface area (Å²) in [7, 11) is 0. The first-order valence-corrected chi connectivity index (χ1v) is 6.62. The van der Waals surface area contributed by atoms with Gasteiger partial charge in [-0.25, -0.2) is 0 Å². The molecule has 1 nitrogen and oxygen atoms in total. The lowest BCUT2D eigenvalue weighted by Crippen LogP contribution is -1.98. The van der Waals surface area contributed by atoms with Gasteiger partial charge >= 0.3 is 0 Å². The third kappa shape index (κ3) is 3.19. The fourth-order valence-corrected chi connectivity index (χ4v) is 2.52. The standard InChI is InChI=1S/C15H17ClO/c16-14-9-7-12(8-10-14)15-6-4-2-1-3-5-13(15)11-17/h7-11H,1-6H2/b15-13-. The highest BCUT2D eigenvalue weighted by Crippen LogP contribution is 2.30. The second-order valence-electron chi connectivity index (χ2n) is 4.54. The maximum atomic E-state index is 11.2. The quantitative estimate of drug-likeness (QED) is 0.697. The van der Waals surface area contributed by atoms with E-state index in [4.69, 9.17) is 11.6 Å². The fraction of sp³-hybridized carbons (Fsp3) is 0.400. The van der Waals surface area contributed by atoms with E-state index in [1.165, 1.54) is 24.8 Å². The molecule has 90 valence electrons. The Morgan fingerprint density at radius 3 is 2.24 bits per heavy atom. The van der Waals surface area contributed by atoms with Crippen LogP contribution in [0.25, 0.3) is 5.57 Å². The molecule has 0 radical (unpaired) electrons. The molecule has 0 spiro atoms. The van der Waals surface area contributed by atoms with Crippen LogP contribution in [0, 0.1) is 0 Å². The van der Waals surface area contributed by atoms with Gasteiger partial charge in [0.25, 0.3) is 0 Å². The van der Waals surface area contributed by atoms with Crippen LogP contribution in [0.2, 0.25) is 5.02 Å². The molecule has 0 atom stereocenters. The summed E-state index contributed by atoms with van der Waals surface area (Å²) in [5, 5.41) is 0.743. The molecule has 0 aliphatic heterocycles. The molecule has 0 fully saturated rings. The van der Waals surface area contributed by atoms with Gasteiger partial charge in [-0.2, -0.15) is 0 Å². The number of benzene rings is 1. The summed E-state index contributed by atoms with van der Waals surface area (Å²) >= 11 is 5.89. The van der Waals surface area contributed by atoms with Crippen LogP contribution in [0.15, 0.2) is 29.8 Å². The molecule has 0 heterocycles. The number of carbonyl (C=O) groups excluding carboxylic acids is 1. The van der Waals surface area contributed by atoms with Gasteiger partial charge < -0.3 is 0 Å². The molecule has 0 N–H and O–H groups in total. The van der Waals surface area contributed by atoms with E-state index in [0.717, 1.165) is 41.7 Å². The van der Waals surface area contributed by atoms with Crippen LogP contribution >= 0.6 is 11.6 Å². The number of rotatable bonds is 2. The lowest BCUT2D eigenvalue weighted by Gasteiger charge is -2.15. The van der Waals surface area contributed by atoms with Crippen molar-refractivity contribution >= 4 is 23.5 Å². The molecule has 17 heavy (non-hydrogen) atoms. The van der Waals surface area contributed by atoms with Gasteiger partial charge in [0.1, 0.15) is 6.29 Å². The predicted octanol–water partition coefficient (Wildman–Crippen LogP) is 4.65. The maximum Gasteiger partial charge on any atom is 0.146 e. The largest absolute Gasteiger partial charge is 0.298 e. The van der Waals surface area contributed by atoms with E-state index in [2.05, 4.69) is 0 Å². The van der Waals surface area contributed by atoms with Crippen molar-refractivity contribution in [2.24, 2.45) is 0 Å². The highest BCUT2D eigenvalue weighted by atomic mass is 35.5. The summed E-state index contributed by atoms with van der Waals surface area (Å²) in [6, 6.07) is 7.82. The normalized spacial score (nSPS) is 21.7. The molecule has 2 rings (SSSR count). The Morgan fingerprint density at radius 2 is 1.59 bits per heavy atom. The molecule has 0 unspecified atom stereocenters. The summed E-state index contributed by atoms with van der Waals surface area (Å²) in [5.74, 6) is 0. The molecular formula is C15H17ClO. The lowest BCUT2D eigenvalue weighted by molar-refractivity contribution is -0.105. The number of allylic oxidation sites excluding steroid dienone is 2. The van der Waals surface area contributed by atoms with Crippen molar-refractivity contribution in [1.82, 2.24) is 0 Å². The topological polar surface area (TPSA) is 17.1 Å². The van der Waals surface area contributed by atoms with Crippen LogP contribution in [0.3, 0.4) is 0 Å². The van der Waals surface area contributed by atoms with E-state index in [1.54, 1.807) is 0 Å². The molecule has 2 heteroatoms. The minimum Gasteiger partial charge on any atom is -0.298 e. The van der Waals surface area contributed by atoms with Gasteiger partial charge in [0.05, 0.1) is 0 Å². The Bertz CT molecular complexity index is 417. The Balaban J connectivity index is 2.35. The van der Waals surface area contributed by atoms with Gasteiger partial charge in [-0.15, -0.1) is 0 Å². The number of hydrogen-bond donors (Lipinski definition) is 0. The van der Waals surface area contributed by atoms with Gasteiger partial charge in [-0.3, -0.25) is 4.79 Å². The predicted molar refractivity (Wildman–Crippen MR) is 72.1 cm³/mol. The molecule has 1 aliphatic carbocycles. The number of aldehydes is 1. The lowest BCUT2D eigenvalue weighted by atomic mass is 9.90. The Morgan fingerprint density at radius 1 is 0.941 bits per heavy atom. The Kier molecular flexibility index (Phi) is 4.38. The van der Waals surface area contributed by atoms with Gasteiger partial charge in [-0.1, -0.05) is 36.6 Å². The molecule has 0 aromatic heterocycles. The minimum atomic E-state index is 0.743. The molecule has 0 amide bonds. The van der Waals surface area contributed by atoms with Gasteiger partial charge in [0.2, 0.25) is 0 Å². The molecule has 1 aliphatic rings. The van der Waals surface area contributed by atoms with E-state index in [1.807, 2.05) is 24.3 Å². The number of halogens is 1. The Hall–Kier alpha value is -1.08. The van der Waals surface area contributed by atoms with Crippen LogP contribution in [-0.2, 0) is 4.79 Å². The first kappa shape index (κ1) is 12.4. The summed E-state index contributed by atoms with van der Waals surface area (Å²) < 4.78 is 0.